The van der Waals surface area contributed by atoms with Gasteiger partial charge in [0, 0.05) is 13.1 Å². The van der Waals surface area contributed by atoms with Crippen molar-refractivity contribution in [1.82, 2.24) is 4.90 Å². The molecule has 0 N–H and O–H groups in total. The Balaban J connectivity index is 0.943. The Labute approximate surface area is 210 Å². The van der Waals surface area contributed by atoms with Crippen LogP contribution in [0.2, 0.25) is 0 Å². The van der Waals surface area contributed by atoms with Gasteiger partial charge in [-0.3, -0.25) is 19.3 Å². The Morgan fingerprint density at radius 2 is 1.67 bits per heavy atom. The summed E-state index contributed by atoms with van der Waals surface area (Å²) in [6.45, 7) is 3.06. The molecule has 0 aromatic carbocycles. The minimum Gasteiger partial charge on any atom is -0.455 e. The van der Waals surface area contributed by atoms with Crippen molar-refractivity contribution in [2.24, 2.45) is 35.0 Å². The molecule has 8 fully saturated rings. The monoisotopic (exact) mass is 505 g/mol. The normalized spacial score (nSPS) is 46.2. The molecule has 4 saturated heterocycles. The van der Waals surface area contributed by atoms with Gasteiger partial charge in [0.1, 0.15) is 24.0 Å². The van der Waals surface area contributed by atoms with Crippen LogP contribution in [0.15, 0.2) is 0 Å². The van der Waals surface area contributed by atoms with Crippen molar-refractivity contribution in [2.45, 2.75) is 62.9 Å². The maximum Gasteiger partial charge on any atom is 0.320 e. The summed E-state index contributed by atoms with van der Waals surface area (Å²) >= 11 is 0. The number of morpholine rings is 1. The lowest BCUT2D eigenvalue weighted by Gasteiger charge is -2.56. The fourth-order valence-electron chi connectivity index (χ4n) is 8.79. The first-order valence-electron chi connectivity index (χ1n) is 13.6. The van der Waals surface area contributed by atoms with E-state index in [1.807, 2.05) is 4.90 Å². The van der Waals surface area contributed by atoms with Gasteiger partial charge in [-0.25, -0.2) is 0 Å². The van der Waals surface area contributed by atoms with E-state index in [4.69, 9.17) is 28.4 Å². The third kappa shape index (κ3) is 3.95. The SMILES string of the molecule is O=C(CN1CCOCC1)OC1C2OC(=O)C3C2OC1C3C(=O)OCOCC12CC3CC(CC(C3)C1)C2. The average molecular weight is 506 g/mol. The van der Waals surface area contributed by atoms with Crippen LogP contribution < -0.4 is 0 Å². The molecular weight excluding hydrogens is 470 g/mol. The van der Waals surface area contributed by atoms with Crippen molar-refractivity contribution in [3.05, 3.63) is 0 Å². The predicted molar refractivity (Wildman–Crippen MR) is 120 cm³/mol. The van der Waals surface area contributed by atoms with Crippen LogP contribution in [0, 0.1) is 35.0 Å². The maximum absolute atomic E-state index is 13.1. The van der Waals surface area contributed by atoms with E-state index in [2.05, 4.69) is 0 Å². The number of rotatable bonds is 8. The molecule has 198 valence electrons. The van der Waals surface area contributed by atoms with Crippen LogP contribution in [-0.4, -0.2) is 93.5 Å². The number of ether oxygens (including phenoxy) is 6. The predicted octanol–water partition coefficient (Wildman–Crippen LogP) is 0.903. The molecule has 8 rings (SSSR count). The van der Waals surface area contributed by atoms with E-state index in [0.717, 1.165) is 17.8 Å². The van der Waals surface area contributed by atoms with Gasteiger partial charge in [0.2, 0.25) is 0 Å². The van der Waals surface area contributed by atoms with Crippen LogP contribution >= 0.6 is 0 Å². The number of esters is 3. The summed E-state index contributed by atoms with van der Waals surface area (Å²) in [6.07, 6.45) is 4.96. The second-order valence-electron chi connectivity index (χ2n) is 12.2. The van der Waals surface area contributed by atoms with E-state index in [9.17, 15) is 14.4 Å². The van der Waals surface area contributed by atoms with Gasteiger partial charge in [0.05, 0.1) is 26.4 Å². The highest BCUT2D eigenvalue weighted by molar-refractivity contribution is 5.87. The van der Waals surface area contributed by atoms with Gasteiger partial charge >= 0.3 is 17.9 Å². The van der Waals surface area contributed by atoms with Gasteiger partial charge in [-0.05, 0) is 61.7 Å². The van der Waals surface area contributed by atoms with Crippen LogP contribution in [-0.2, 0) is 42.8 Å². The van der Waals surface area contributed by atoms with E-state index in [-0.39, 0.29) is 18.8 Å². The van der Waals surface area contributed by atoms with Crippen LogP contribution in [0.25, 0.3) is 0 Å². The van der Waals surface area contributed by atoms with Gasteiger partial charge in [0.15, 0.2) is 19.0 Å². The standard InChI is InChI=1S/C26H35NO9/c28-17(11-27-1-3-31-4-2-27)34-22-20-18(19-21(35-20)23(22)36-25(19)30)24(29)33-13-32-12-26-8-14-5-15(9-26)7-16(6-14)10-26/h14-16,18-23H,1-13H2. The summed E-state index contributed by atoms with van der Waals surface area (Å²) in [5, 5.41) is 0. The second-order valence-corrected chi connectivity index (χ2v) is 12.2. The minimum absolute atomic E-state index is 0.120. The van der Waals surface area contributed by atoms with Crippen molar-refractivity contribution in [1.29, 1.82) is 0 Å². The second kappa shape index (κ2) is 8.92. The largest absolute Gasteiger partial charge is 0.455 e. The molecule has 10 heteroatoms. The number of fused-ring (bicyclic) bond motifs is 1. The molecule has 36 heavy (non-hydrogen) atoms. The number of nitrogens with zero attached hydrogens (tertiary/aromatic N) is 1. The molecule has 6 bridgehead atoms. The molecule has 4 aliphatic carbocycles. The molecule has 8 aliphatic rings. The van der Waals surface area contributed by atoms with Crippen LogP contribution in [0.4, 0.5) is 0 Å². The molecule has 0 aromatic rings. The van der Waals surface area contributed by atoms with Gasteiger partial charge < -0.3 is 28.4 Å². The van der Waals surface area contributed by atoms with Gasteiger partial charge in [0.25, 0.3) is 0 Å². The molecule has 4 heterocycles. The highest BCUT2D eigenvalue weighted by Gasteiger charge is 2.72. The fraction of sp³-hybridized carbons (Fsp3) is 0.885. The highest BCUT2D eigenvalue weighted by atomic mass is 16.7. The zero-order valence-corrected chi connectivity index (χ0v) is 20.5. The average Bonchev–Trinajstić information content (AvgIpc) is 3.45. The lowest BCUT2D eigenvalue weighted by Crippen LogP contribution is -2.49. The van der Waals surface area contributed by atoms with Crippen molar-refractivity contribution >= 4 is 17.9 Å². The molecule has 0 spiro atoms. The lowest BCUT2D eigenvalue weighted by atomic mass is 9.50. The number of hydrogen-bond donors (Lipinski definition) is 0. The van der Waals surface area contributed by atoms with Crippen molar-refractivity contribution in [2.75, 3.05) is 46.2 Å². The van der Waals surface area contributed by atoms with Gasteiger partial charge in [-0.1, -0.05) is 0 Å². The quantitative estimate of drug-likeness (QED) is 0.204. The summed E-state index contributed by atoms with van der Waals surface area (Å²) < 4.78 is 33.8. The third-order valence-corrected chi connectivity index (χ3v) is 9.76. The Morgan fingerprint density at radius 3 is 2.36 bits per heavy atom. The lowest BCUT2D eigenvalue weighted by molar-refractivity contribution is -0.177. The summed E-state index contributed by atoms with van der Waals surface area (Å²) in [7, 11) is 0. The van der Waals surface area contributed by atoms with Crippen LogP contribution in [0.1, 0.15) is 38.5 Å². The van der Waals surface area contributed by atoms with Gasteiger partial charge in [-0.15, -0.1) is 0 Å². The van der Waals surface area contributed by atoms with E-state index < -0.39 is 54.2 Å². The van der Waals surface area contributed by atoms with E-state index in [1.54, 1.807) is 0 Å². The Kier molecular flexibility index (Phi) is 5.79. The molecule has 6 atom stereocenters. The molecule has 0 aromatic heterocycles. The van der Waals surface area contributed by atoms with Crippen molar-refractivity contribution in [3.63, 3.8) is 0 Å². The van der Waals surface area contributed by atoms with E-state index in [1.165, 1.54) is 38.5 Å². The summed E-state index contributed by atoms with van der Waals surface area (Å²) in [6, 6.07) is 0. The molecular formula is C26H35NO9. The third-order valence-electron chi connectivity index (χ3n) is 9.76. The van der Waals surface area contributed by atoms with Crippen LogP contribution in [0.3, 0.4) is 0 Å². The summed E-state index contributed by atoms with van der Waals surface area (Å²) in [4.78, 5) is 40.2. The van der Waals surface area contributed by atoms with E-state index >= 15 is 0 Å². The zero-order valence-electron chi connectivity index (χ0n) is 20.5. The Hall–Kier alpha value is -1.75. The topological polar surface area (TPSA) is 110 Å². The molecule has 6 unspecified atom stereocenters. The fourth-order valence-corrected chi connectivity index (χ4v) is 8.79. The maximum atomic E-state index is 13.1. The van der Waals surface area contributed by atoms with E-state index in [0.29, 0.717) is 32.9 Å². The highest BCUT2D eigenvalue weighted by Crippen LogP contribution is 2.60. The zero-order chi connectivity index (χ0) is 24.4. The first-order chi connectivity index (χ1) is 17.5. The van der Waals surface area contributed by atoms with Crippen molar-refractivity contribution in [3.8, 4) is 0 Å². The summed E-state index contributed by atoms with van der Waals surface area (Å²) in [5.41, 5.74) is 0.235. The minimum atomic E-state index is -0.856. The molecule has 4 aliphatic heterocycles. The number of carbonyl (C=O) groups excluding carboxylic acids is 3. The molecule has 4 saturated carbocycles. The number of carbonyl (C=O) groups is 3. The first kappa shape index (κ1) is 23.4. The summed E-state index contributed by atoms with van der Waals surface area (Å²) in [5.74, 6) is -0.548. The molecule has 10 nitrogen and oxygen atoms in total. The first-order valence-corrected chi connectivity index (χ1v) is 13.6. The van der Waals surface area contributed by atoms with Gasteiger partial charge in [-0.2, -0.15) is 0 Å². The van der Waals surface area contributed by atoms with Crippen LogP contribution in [0.5, 0.6) is 0 Å². The Morgan fingerprint density at radius 1 is 0.972 bits per heavy atom. The molecule has 0 radical (unpaired) electrons. The Bertz CT molecular complexity index is 882. The smallest absolute Gasteiger partial charge is 0.320 e. The van der Waals surface area contributed by atoms with Crippen molar-refractivity contribution < 1.29 is 42.8 Å². The molecule has 0 amide bonds. The number of hydrogen-bond acceptors (Lipinski definition) is 10.